The maximum atomic E-state index is 12.7. The number of quaternary nitrogens is 1. The first-order valence-electron chi connectivity index (χ1n) is 26.4. The second kappa shape index (κ2) is 46.1. The molecule has 10 heteroatoms. The number of esters is 2. The van der Waals surface area contributed by atoms with Gasteiger partial charge in [-0.2, -0.15) is 0 Å². The molecule has 0 rings (SSSR count). The molecule has 0 saturated heterocycles. The number of carbonyl (C=O) groups is 2. The van der Waals surface area contributed by atoms with E-state index in [-0.39, 0.29) is 32.0 Å². The van der Waals surface area contributed by atoms with E-state index in [1.807, 2.05) is 21.1 Å². The average molecular weight is 923 g/mol. The summed E-state index contributed by atoms with van der Waals surface area (Å²) in [5, 5.41) is 0. The molecule has 0 bridgehead atoms. The van der Waals surface area contributed by atoms with Gasteiger partial charge < -0.3 is 18.9 Å². The van der Waals surface area contributed by atoms with E-state index in [9.17, 15) is 19.0 Å². The van der Waals surface area contributed by atoms with Crippen molar-refractivity contribution in [2.75, 3.05) is 47.5 Å². The van der Waals surface area contributed by atoms with Crippen molar-refractivity contribution in [3.8, 4) is 0 Å². The third-order valence-corrected chi connectivity index (χ3v) is 12.3. The van der Waals surface area contributed by atoms with Crippen molar-refractivity contribution < 1.29 is 42.1 Å². The standard InChI is InChI=1S/C54H100NO8P/c1-6-8-10-12-14-16-18-20-22-24-26-27-29-31-33-35-37-39-41-43-45-47-54(57)63-52(51-62-64(58,59)61-49-48-55(3,4)5)50-60-53(56)46-44-42-40-38-36-34-32-30-28-25-23-21-19-17-15-13-11-9-7-2/h22,24,27,29,33,35,39,41,52H,6-21,23,25-26,28,30-32,34,36-38,40,42-51H2,1-5H3/p+1/b24-22+,29-27+,35-33+,41-39+/t52-/m1/s1. The van der Waals surface area contributed by atoms with Crippen LogP contribution < -0.4 is 0 Å². The number of phosphoric ester groups is 1. The SMILES string of the molecule is CCCCCCCCC/C=C/C/C=C/C/C=C/C/C=C/CCCC(=O)O[C@H](COC(=O)CCCCCCCCCCCCCCCCCCCCC)COP(=O)(O)OCC[N+](C)(C)C. The molecule has 64 heavy (non-hydrogen) atoms. The van der Waals surface area contributed by atoms with Gasteiger partial charge in [-0.1, -0.05) is 217 Å². The Morgan fingerprint density at radius 1 is 0.484 bits per heavy atom. The first-order chi connectivity index (χ1) is 31.0. The molecular weight excluding hydrogens is 822 g/mol. The molecule has 0 aromatic rings. The van der Waals surface area contributed by atoms with Crippen LogP contribution in [-0.4, -0.2) is 74.9 Å². The van der Waals surface area contributed by atoms with Gasteiger partial charge in [-0.25, -0.2) is 4.57 Å². The highest BCUT2D eigenvalue weighted by molar-refractivity contribution is 7.47. The molecule has 0 saturated carbocycles. The summed E-state index contributed by atoms with van der Waals surface area (Å²) >= 11 is 0. The molecule has 0 spiro atoms. The van der Waals surface area contributed by atoms with E-state index in [1.165, 1.54) is 154 Å². The van der Waals surface area contributed by atoms with Crippen molar-refractivity contribution >= 4 is 19.8 Å². The minimum Gasteiger partial charge on any atom is -0.462 e. The van der Waals surface area contributed by atoms with Gasteiger partial charge in [0, 0.05) is 12.8 Å². The smallest absolute Gasteiger partial charge is 0.462 e. The molecule has 0 aliphatic carbocycles. The van der Waals surface area contributed by atoms with E-state index >= 15 is 0 Å². The minimum atomic E-state index is -4.40. The zero-order valence-corrected chi connectivity index (χ0v) is 43.2. The molecule has 0 heterocycles. The van der Waals surface area contributed by atoms with Crippen LogP contribution in [-0.2, 0) is 32.7 Å². The predicted molar refractivity (Wildman–Crippen MR) is 270 cm³/mol. The topological polar surface area (TPSA) is 108 Å². The lowest BCUT2D eigenvalue weighted by Gasteiger charge is -2.24. The van der Waals surface area contributed by atoms with Gasteiger partial charge in [0.1, 0.15) is 19.8 Å². The largest absolute Gasteiger partial charge is 0.472 e. The molecule has 2 atom stereocenters. The average Bonchev–Trinajstić information content (AvgIpc) is 3.25. The van der Waals surface area contributed by atoms with Crippen LogP contribution in [0.25, 0.3) is 0 Å². The van der Waals surface area contributed by atoms with E-state index in [0.29, 0.717) is 17.4 Å². The highest BCUT2D eigenvalue weighted by Gasteiger charge is 2.27. The van der Waals surface area contributed by atoms with Gasteiger partial charge in [0.25, 0.3) is 0 Å². The monoisotopic (exact) mass is 923 g/mol. The summed E-state index contributed by atoms with van der Waals surface area (Å²) in [6, 6.07) is 0. The van der Waals surface area contributed by atoms with Crippen LogP contribution in [0.2, 0.25) is 0 Å². The van der Waals surface area contributed by atoms with Gasteiger partial charge in [0.05, 0.1) is 27.7 Å². The zero-order chi connectivity index (χ0) is 47.1. The first-order valence-corrected chi connectivity index (χ1v) is 27.9. The molecule has 1 unspecified atom stereocenters. The fourth-order valence-electron chi connectivity index (χ4n) is 7.24. The van der Waals surface area contributed by atoms with Crippen molar-refractivity contribution in [1.82, 2.24) is 0 Å². The number of likely N-dealkylation sites (N-methyl/N-ethyl adjacent to an activating group) is 1. The molecule has 1 N–H and O–H groups in total. The summed E-state index contributed by atoms with van der Waals surface area (Å²) in [5.41, 5.74) is 0. The van der Waals surface area contributed by atoms with Crippen LogP contribution in [0.15, 0.2) is 48.6 Å². The number of ether oxygens (including phenoxy) is 2. The Morgan fingerprint density at radius 3 is 1.30 bits per heavy atom. The van der Waals surface area contributed by atoms with Crippen LogP contribution in [0.3, 0.4) is 0 Å². The summed E-state index contributed by atoms with van der Waals surface area (Å²) < 4.78 is 34.4. The maximum absolute atomic E-state index is 12.7. The Labute approximate surface area is 394 Å². The number of phosphoric acid groups is 1. The van der Waals surface area contributed by atoms with Crippen molar-refractivity contribution in [3.05, 3.63) is 48.6 Å². The zero-order valence-electron chi connectivity index (χ0n) is 42.3. The molecule has 0 amide bonds. The number of hydrogen-bond acceptors (Lipinski definition) is 7. The normalized spacial score (nSPS) is 13.8. The molecule has 0 aliphatic rings. The van der Waals surface area contributed by atoms with Gasteiger partial charge in [0.15, 0.2) is 6.10 Å². The summed E-state index contributed by atoms with van der Waals surface area (Å²) in [6.45, 7) is 4.39. The summed E-state index contributed by atoms with van der Waals surface area (Å²) in [4.78, 5) is 35.5. The van der Waals surface area contributed by atoms with Crippen LogP contribution in [0.5, 0.6) is 0 Å². The van der Waals surface area contributed by atoms with Crippen molar-refractivity contribution in [1.29, 1.82) is 0 Å². The molecule has 0 radical (unpaired) electrons. The fourth-order valence-corrected chi connectivity index (χ4v) is 7.99. The summed E-state index contributed by atoms with van der Waals surface area (Å²) in [7, 11) is 1.45. The first kappa shape index (κ1) is 62.0. The predicted octanol–water partition coefficient (Wildman–Crippen LogP) is 15.8. The number of carbonyl (C=O) groups excluding carboxylic acids is 2. The van der Waals surface area contributed by atoms with E-state index in [0.717, 1.165) is 44.9 Å². The third kappa shape index (κ3) is 49.4. The highest BCUT2D eigenvalue weighted by Crippen LogP contribution is 2.43. The molecular formula is C54H101NO8P+. The lowest BCUT2D eigenvalue weighted by molar-refractivity contribution is -0.870. The lowest BCUT2D eigenvalue weighted by Crippen LogP contribution is -2.37. The van der Waals surface area contributed by atoms with E-state index in [1.54, 1.807) is 0 Å². The van der Waals surface area contributed by atoms with Gasteiger partial charge in [-0.15, -0.1) is 0 Å². The van der Waals surface area contributed by atoms with Crippen molar-refractivity contribution in [2.24, 2.45) is 0 Å². The van der Waals surface area contributed by atoms with E-state index < -0.39 is 26.5 Å². The van der Waals surface area contributed by atoms with Gasteiger partial charge in [-0.3, -0.25) is 18.6 Å². The lowest BCUT2D eigenvalue weighted by atomic mass is 10.0. The number of nitrogens with zero attached hydrogens (tertiary/aromatic N) is 1. The van der Waals surface area contributed by atoms with E-state index in [2.05, 4.69) is 62.5 Å². The highest BCUT2D eigenvalue weighted by atomic mass is 31.2. The van der Waals surface area contributed by atoms with E-state index in [4.69, 9.17) is 18.5 Å². The Kier molecular flexibility index (Phi) is 44.6. The molecule has 374 valence electrons. The Balaban J connectivity index is 4.33. The number of rotatable bonds is 48. The summed E-state index contributed by atoms with van der Waals surface area (Å²) in [6.07, 6.45) is 56.1. The number of hydrogen-bond donors (Lipinski definition) is 1. The molecule has 9 nitrogen and oxygen atoms in total. The molecule has 0 fully saturated rings. The number of allylic oxidation sites excluding steroid dienone is 8. The van der Waals surface area contributed by atoms with Gasteiger partial charge in [0.2, 0.25) is 0 Å². The third-order valence-electron chi connectivity index (χ3n) is 11.4. The number of unbranched alkanes of at least 4 members (excludes halogenated alkanes) is 26. The molecule has 0 aromatic carbocycles. The van der Waals surface area contributed by atoms with Gasteiger partial charge in [-0.05, 0) is 51.4 Å². The van der Waals surface area contributed by atoms with Crippen molar-refractivity contribution in [3.63, 3.8) is 0 Å². The Morgan fingerprint density at radius 2 is 0.859 bits per heavy atom. The Bertz CT molecular complexity index is 1230. The Hall–Kier alpha value is -2.03. The fraction of sp³-hybridized carbons (Fsp3) is 0.815. The maximum Gasteiger partial charge on any atom is 0.472 e. The quantitative estimate of drug-likeness (QED) is 0.0211. The second-order valence-corrected chi connectivity index (χ2v) is 20.4. The van der Waals surface area contributed by atoms with Crippen LogP contribution in [0.1, 0.15) is 232 Å². The minimum absolute atomic E-state index is 0.0216. The molecule has 0 aromatic heterocycles. The van der Waals surface area contributed by atoms with Gasteiger partial charge >= 0.3 is 19.8 Å². The molecule has 0 aliphatic heterocycles. The summed E-state index contributed by atoms with van der Waals surface area (Å²) in [5.74, 6) is -0.856. The van der Waals surface area contributed by atoms with Crippen LogP contribution in [0, 0.1) is 0 Å². The second-order valence-electron chi connectivity index (χ2n) is 18.9. The van der Waals surface area contributed by atoms with Crippen LogP contribution in [0.4, 0.5) is 0 Å². The van der Waals surface area contributed by atoms with Crippen LogP contribution >= 0.6 is 7.82 Å². The van der Waals surface area contributed by atoms with Crippen molar-refractivity contribution in [2.45, 2.75) is 238 Å².